The van der Waals surface area contributed by atoms with Crippen LogP contribution in [0.2, 0.25) is 0 Å². The zero-order chi connectivity index (χ0) is 20.9. The minimum atomic E-state index is -4.59. The average molecular weight is 410 g/mol. The Morgan fingerprint density at radius 2 is 1.86 bits per heavy atom. The zero-order valence-corrected chi connectivity index (χ0v) is 17.0. The molecule has 0 aliphatic carbocycles. The molecule has 0 radical (unpaired) electrons. The van der Waals surface area contributed by atoms with Gasteiger partial charge in [0.2, 0.25) is 5.82 Å². The summed E-state index contributed by atoms with van der Waals surface area (Å²) < 4.78 is 39.5. The van der Waals surface area contributed by atoms with Crippen LogP contribution >= 0.6 is 11.8 Å². The molecule has 1 aromatic heterocycles. The van der Waals surface area contributed by atoms with Crippen molar-refractivity contribution in [1.82, 2.24) is 14.8 Å². The van der Waals surface area contributed by atoms with Crippen molar-refractivity contribution < 1.29 is 18.0 Å². The second kappa shape index (κ2) is 6.95. The van der Waals surface area contributed by atoms with E-state index in [0.717, 1.165) is 33.3 Å². The van der Waals surface area contributed by atoms with Gasteiger partial charge in [-0.25, -0.2) is 0 Å². The number of aromatic nitrogens is 3. The van der Waals surface area contributed by atoms with E-state index in [0.29, 0.717) is 0 Å². The van der Waals surface area contributed by atoms with E-state index < -0.39 is 17.3 Å². The maximum absolute atomic E-state index is 12.9. The molecule has 5 nitrogen and oxygen atoms in total. The number of halogens is 3. The van der Waals surface area contributed by atoms with E-state index in [2.05, 4.69) is 10.2 Å². The van der Waals surface area contributed by atoms with Crippen molar-refractivity contribution in [2.45, 2.75) is 42.8 Å². The Labute approximate surface area is 165 Å². The highest BCUT2D eigenvalue weighted by molar-refractivity contribution is 8.00. The van der Waals surface area contributed by atoms with Crippen LogP contribution in [0, 0.1) is 0 Å². The van der Waals surface area contributed by atoms with E-state index in [4.69, 9.17) is 0 Å². The Morgan fingerprint density at radius 1 is 1.21 bits per heavy atom. The van der Waals surface area contributed by atoms with Crippen LogP contribution in [0.15, 0.2) is 41.2 Å². The third kappa shape index (κ3) is 3.43. The predicted octanol–water partition coefficient (Wildman–Crippen LogP) is 4.20. The molecule has 9 heteroatoms. The van der Waals surface area contributed by atoms with Crippen LogP contribution in [0.1, 0.15) is 32.2 Å². The summed E-state index contributed by atoms with van der Waals surface area (Å²) in [5, 5.41) is 6.22. The van der Waals surface area contributed by atoms with Gasteiger partial charge in [-0.2, -0.15) is 13.2 Å². The number of para-hydroxylation sites is 1. The Balaban J connectivity index is 1.83. The van der Waals surface area contributed by atoms with Crippen molar-refractivity contribution in [3.63, 3.8) is 0 Å². The third-order valence-electron chi connectivity index (χ3n) is 4.99. The molecule has 3 rings (SSSR count). The number of hydrogen-bond acceptors (Lipinski definition) is 5. The lowest BCUT2D eigenvalue weighted by Crippen LogP contribution is -2.25. The number of alkyl halides is 3. The van der Waals surface area contributed by atoms with Gasteiger partial charge in [-0.3, -0.25) is 4.79 Å². The summed E-state index contributed by atoms with van der Waals surface area (Å²) >= 11 is 0.961. The number of carbonyl (C=O) groups excluding carboxylic acids is 1. The quantitative estimate of drug-likeness (QED) is 0.559. The molecule has 0 unspecified atom stereocenters. The maximum atomic E-state index is 12.9. The van der Waals surface area contributed by atoms with E-state index in [9.17, 15) is 18.0 Å². The number of rotatable bonds is 4. The molecular formula is C19H21F3N4OS. The Kier molecular flexibility index (Phi) is 5.07. The summed E-state index contributed by atoms with van der Waals surface area (Å²) in [6, 6.07) is 7.94. The molecule has 0 amide bonds. The number of fused-ring (bicyclic) bond motifs is 1. The molecule has 1 aromatic carbocycles. The van der Waals surface area contributed by atoms with Crippen LogP contribution in [-0.4, -0.2) is 32.8 Å². The number of benzene rings is 1. The van der Waals surface area contributed by atoms with Crippen molar-refractivity contribution in [2.75, 3.05) is 11.9 Å². The fourth-order valence-corrected chi connectivity index (χ4v) is 4.22. The van der Waals surface area contributed by atoms with Gasteiger partial charge in [0.15, 0.2) is 10.9 Å². The summed E-state index contributed by atoms with van der Waals surface area (Å²) in [7, 11) is 3.15. The first kappa shape index (κ1) is 20.4. The lowest BCUT2D eigenvalue weighted by Gasteiger charge is -2.24. The molecule has 1 aliphatic heterocycles. The monoisotopic (exact) mass is 410 g/mol. The van der Waals surface area contributed by atoms with Gasteiger partial charge in [0, 0.05) is 37.0 Å². The molecule has 0 spiro atoms. The van der Waals surface area contributed by atoms with Crippen LogP contribution in [-0.2, 0) is 23.4 Å². The molecule has 0 fully saturated rings. The van der Waals surface area contributed by atoms with E-state index in [1.54, 1.807) is 13.0 Å². The van der Waals surface area contributed by atoms with E-state index >= 15 is 0 Å². The second-order valence-electron chi connectivity index (χ2n) is 7.26. The molecule has 2 heterocycles. The van der Waals surface area contributed by atoms with Crippen LogP contribution < -0.4 is 4.90 Å². The minimum absolute atomic E-state index is 0.0499. The largest absolute Gasteiger partial charge is 0.451 e. The number of ketones is 1. The van der Waals surface area contributed by atoms with Crippen molar-refractivity contribution >= 4 is 23.2 Å². The lowest BCUT2D eigenvalue weighted by atomic mass is 9.83. The normalized spacial score (nSPS) is 18.4. The standard InChI is InChI=1S/C19H21F3N4OS/c1-11(28-17-24-23-16(26(17)5)19(20,21)22)14(27)10-15-18(2,3)12-8-6-7-9-13(12)25(15)4/h6-11H,1-5H3/b15-10+/t11-/m0/s1. The summed E-state index contributed by atoms with van der Waals surface area (Å²) in [5.74, 6) is -1.27. The minimum Gasteiger partial charge on any atom is -0.347 e. The van der Waals surface area contributed by atoms with E-state index in [1.165, 1.54) is 7.05 Å². The highest BCUT2D eigenvalue weighted by atomic mass is 32.2. The van der Waals surface area contributed by atoms with Gasteiger partial charge in [0.1, 0.15) is 0 Å². The van der Waals surface area contributed by atoms with Crippen LogP contribution in [0.3, 0.4) is 0 Å². The fraction of sp³-hybridized carbons (Fsp3) is 0.421. The van der Waals surface area contributed by atoms with E-state index in [-0.39, 0.29) is 16.4 Å². The molecular weight excluding hydrogens is 389 g/mol. The third-order valence-corrected chi connectivity index (χ3v) is 6.14. The summed E-state index contributed by atoms with van der Waals surface area (Å²) in [5.41, 5.74) is 2.66. The van der Waals surface area contributed by atoms with E-state index in [1.807, 2.05) is 50.1 Å². The molecule has 28 heavy (non-hydrogen) atoms. The first-order chi connectivity index (χ1) is 12.9. The molecule has 1 aliphatic rings. The Morgan fingerprint density at radius 3 is 2.43 bits per heavy atom. The molecule has 0 N–H and O–H groups in total. The van der Waals surface area contributed by atoms with Gasteiger partial charge in [0.05, 0.1) is 5.25 Å². The fourth-order valence-electron chi connectivity index (χ4n) is 3.39. The van der Waals surface area contributed by atoms with Crippen molar-refractivity contribution in [2.24, 2.45) is 7.05 Å². The highest BCUT2D eigenvalue weighted by Crippen LogP contribution is 2.46. The highest BCUT2D eigenvalue weighted by Gasteiger charge is 2.40. The first-order valence-electron chi connectivity index (χ1n) is 8.67. The van der Waals surface area contributed by atoms with Gasteiger partial charge in [-0.1, -0.05) is 43.8 Å². The molecule has 150 valence electrons. The summed E-state index contributed by atoms with van der Waals surface area (Å²) in [6.45, 7) is 5.75. The van der Waals surface area contributed by atoms with Crippen LogP contribution in [0.4, 0.5) is 18.9 Å². The molecule has 2 aromatic rings. The predicted molar refractivity (Wildman–Crippen MR) is 102 cm³/mol. The lowest BCUT2D eigenvalue weighted by molar-refractivity contribution is -0.147. The molecule has 0 saturated carbocycles. The zero-order valence-electron chi connectivity index (χ0n) is 16.2. The molecule has 1 atom stereocenters. The number of nitrogens with zero attached hydrogens (tertiary/aromatic N) is 4. The van der Waals surface area contributed by atoms with Crippen molar-refractivity contribution in [3.8, 4) is 0 Å². The molecule has 0 bridgehead atoms. The Hall–Kier alpha value is -2.29. The smallest absolute Gasteiger partial charge is 0.347 e. The van der Waals surface area contributed by atoms with Crippen LogP contribution in [0.25, 0.3) is 0 Å². The number of thioether (sulfide) groups is 1. The number of allylic oxidation sites excluding steroid dienone is 2. The topological polar surface area (TPSA) is 51.0 Å². The number of anilines is 1. The summed E-state index contributed by atoms with van der Waals surface area (Å²) in [6.07, 6.45) is -3.00. The van der Waals surface area contributed by atoms with Crippen molar-refractivity contribution in [3.05, 3.63) is 47.4 Å². The SMILES string of the molecule is C[C@H](Sc1nnc(C(F)(F)F)n1C)C(=O)/C=C1/N(C)c2ccccc2C1(C)C. The summed E-state index contributed by atoms with van der Waals surface area (Å²) in [4.78, 5) is 14.8. The second-order valence-corrected chi connectivity index (χ2v) is 8.56. The number of carbonyl (C=O) groups is 1. The van der Waals surface area contributed by atoms with Gasteiger partial charge >= 0.3 is 6.18 Å². The number of likely N-dealkylation sites (N-methyl/N-ethyl adjacent to an activating group) is 1. The van der Waals surface area contributed by atoms with Gasteiger partial charge in [-0.05, 0) is 18.6 Å². The van der Waals surface area contributed by atoms with Crippen molar-refractivity contribution in [1.29, 1.82) is 0 Å². The van der Waals surface area contributed by atoms with Crippen LogP contribution in [0.5, 0.6) is 0 Å². The first-order valence-corrected chi connectivity index (χ1v) is 9.55. The van der Waals surface area contributed by atoms with Gasteiger partial charge < -0.3 is 9.47 Å². The Bertz CT molecular complexity index is 949. The number of hydrogen-bond donors (Lipinski definition) is 0. The van der Waals surface area contributed by atoms with Gasteiger partial charge in [0.25, 0.3) is 0 Å². The molecule has 0 saturated heterocycles. The van der Waals surface area contributed by atoms with Gasteiger partial charge in [-0.15, -0.1) is 10.2 Å². The average Bonchev–Trinajstić information content (AvgIpc) is 3.06. The maximum Gasteiger partial charge on any atom is 0.451 e.